The fourth-order valence-electron chi connectivity index (χ4n) is 3.25. The third-order valence-corrected chi connectivity index (χ3v) is 4.54. The molecule has 0 aromatic heterocycles. The van der Waals surface area contributed by atoms with Gasteiger partial charge in [0.2, 0.25) is 17.7 Å². The molecular weight excluding hydrogens is 324 g/mol. The summed E-state index contributed by atoms with van der Waals surface area (Å²) in [5, 5.41) is 2.68. The Labute approximate surface area is 145 Å². The van der Waals surface area contributed by atoms with Crippen molar-refractivity contribution in [2.75, 3.05) is 26.1 Å². The number of ether oxygens (including phenoxy) is 2. The van der Waals surface area contributed by atoms with E-state index in [1.54, 1.807) is 18.2 Å². The van der Waals surface area contributed by atoms with Crippen molar-refractivity contribution >= 4 is 23.4 Å². The van der Waals surface area contributed by atoms with Gasteiger partial charge in [-0.1, -0.05) is 12.2 Å². The van der Waals surface area contributed by atoms with Crippen LogP contribution in [-0.2, 0) is 14.4 Å². The number of nitrogens with one attached hydrogen (secondary N) is 1. The molecule has 2 aliphatic rings. The Morgan fingerprint density at radius 3 is 2.04 bits per heavy atom. The summed E-state index contributed by atoms with van der Waals surface area (Å²) < 4.78 is 10.3. The molecular formula is C18H20N2O5. The molecule has 3 amide bonds. The summed E-state index contributed by atoms with van der Waals surface area (Å²) in [7, 11) is 3.02. The zero-order chi connectivity index (χ0) is 18.0. The molecule has 0 saturated carbocycles. The number of carbonyl (C=O) groups is 3. The van der Waals surface area contributed by atoms with Crippen LogP contribution in [0.25, 0.3) is 0 Å². The Kier molecular flexibility index (Phi) is 4.74. The molecule has 0 bridgehead atoms. The standard InChI is InChI=1S/C18H20N2O5/c1-24-12-7-11(8-13(9-12)25-2)19-16(21)10-20-17(22)14-5-3-4-6-15(14)18(20)23/h3-4,7-9,14-15H,5-6,10H2,1-2H3,(H,19,21)/t14-,15-/m0/s1. The first kappa shape index (κ1) is 17.0. The lowest BCUT2D eigenvalue weighted by molar-refractivity contribution is -0.142. The molecule has 7 heteroatoms. The van der Waals surface area contributed by atoms with Crippen LogP contribution in [0.2, 0.25) is 0 Å². The summed E-state index contributed by atoms with van der Waals surface area (Å²) in [5.41, 5.74) is 0.472. The number of hydrogen-bond donors (Lipinski definition) is 1. The number of amides is 3. The number of nitrogens with zero attached hydrogens (tertiary/aromatic N) is 1. The van der Waals surface area contributed by atoms with Crippen LogP contribution in [0, 0.1) is 11.8 Å². The van der Waals surface area contributed by atoms with E-state index in [1.165, 1.54) is 14.2 Å². The molecule has 3 rings (SSSR count). The second-order valence-corrected chi connectivity index (χ2v) is 6.07. The second kappa shape index (κ2) is 6.96. The number of fused-ring (bicyclic) bond motifs is 1. The maximum atomic E-state index is 12.4. The SMILES string of the molecule is COc1cc(NC(=O)CN2C(=O)[C@H]3CC=CC[C@@H]3C2=O)cc(OC)c1. The number of rotatable bonds is 5. The Bertz CT molecular complexity index is 695. The van der Waals surface area contributed by atoms with Crippen LogP contribution in [0.4, 0.5) is 5.69 Å². The molecule has 1 saturated heterocycles. The van der Waals surface area contributed by atoms with Crippen molar-refractivity contribution in [3.05, 3.63) is 30.4 Å². The van der Waals surface area contributed by atoms with Crippen molar-refractivity contribution in [2.24, 2.45) is 11.8 Å². The van der Waals surface area contributed by atoms with E-state index in [-0.39, 0.29) is 30.2 Å². The summed E-state index contributed by atoms with van der Waals surface area (Å²) in [6, 6.07) is 4.95. The monoisotopic (exact) mass is 344 g/mol. The number of benzene rings is 1. The lowest BCUT2D eigenvalue weighted by Crippen LogP contribution is -2.38. The van der Waals surface area contributed by atoms with E-state index < -0.39 is 5.91 Å². The molecule has 0 spiro atoms. The summed E-state index contributed by atoms with van der Waals surface area (Å²) in [5.74, 6) is -0.580. The van der Waals surface area contributed by atoms with E-state index >= 15 is 0 Å². The number of likely N-dealkylation sites (tertiary alicyclic amines) is 1. The van der Waals surface area contributed by atoms with Crippen molar-refractivity contribution in [1.29, 1.82) is 0 Å². The Morgan fingerprint density at radius 2 is 1.56 bits per heavy atom. The van der Waals surface area contributed by atoms with Gasteiger partial charge in [-0.05, 0) is 12.8 Å². The zero-order valence-electron chi connectivity index (χ0n) is 14.2. The zero-order valence-corrected chi connectivity index (χ0v) is 14.2. The third kappa shape index (κ3) is 3.35. The van der Waals surface area contributed by atoms with Gasteiger partial charge in [-0.15, -0.1) is 0 Å². The first-order chi connectivity index (χ1) is 12.0. The highest BCUT2D eigenvalue weighted by atomic mass is 16.5. The number of methoxy groups -OCH3 is 2. The van der Waals surface area contributed by atoms with Crippen LogP contribution in [0.3, 0.4) is 0 Å². The van der Waals surface area contributed by atoms with Crippen LogP contribution in [0.1, 0.15) is 12.8 Å². The highest BCUT2D eigenvalue weighted by Gasteiger charge is 2.47. The fraction of sp³-hybridized carbons (Fsp3) is 0.389. The van der Waals surface area contributed by atoms with Crippen LogP contribution >= 0.6 is 0 Å². The average molecular weight is 344 g/mol. The molecule has 0 unspecified atom stereocenters. The van der Waals surface area contributed by atoms with E-state index in [9.17, 15) is 14.4 Å². The smallest absolute Gasteiger partial charge is 0.244 e. The van der Waals surface area contributed by atoms with E-state index in [1.807, 2.05) is 12.2 Å². The van der Waals surface area contributed by atoms with Crippen LogP contribution in [-0.4, -0.2) is 43.4 Å². The minimum Gasteiger partial charge on any atom is -0.497 e. The largest absolute Gasteiger partial charge is 0.497 e. The molecule has 132 valence electrons. The number of allylic oxidation sites excluding steroid dienone is 2. The molecule has 1 aliphatic carbocycles. The Morgan fingerprint density at radius 1 is 1.04 bits per heavy atom. The van der Waals surface area contributed by atoms with Gasteiger partial charge in [0.05, 0.1) is 26.1 Å². The molecule has 0 radical (unpaired) electrons. The molecule has 1 fully saturated rings. The van der Waals surface area contributed by atoms with E-state index in [0.717, 1.165) is 4.90 Å². The van der Waals surface area contributed by atoms with Gasteiger partial charge in [0.1, 0.15) is 18.0 Å². The summed E-state index contributed by atoms with van der Waals surface area (Å²) in [4.78, 5) is 38.2. The van der Waals surface area contributed by atoms with Crippen LogP contribution in [0.15, 0.2) is 30.4 Å². The number of anilines is 1. The maximum absolute atomic E-state index is 12.4. The minimum absolute atomic E-state index is 0.266. The molecule has 1 N–H and O–H groups in total. The maximum Gasteiger partial charge on any atom is 0.244 e. The van der Waals surface area contributed by atoms with Crippen molar-refractivity contribution in [3.8, 4) is 11.5 Å². The lowest BCUT2D eigenvalue weighted by Gasteiger charge is -2.15. The predicted octanol–water partition coefficient (Wildman–Crippen LogP) is 1.59. The Hall–Kier alpha value is -2.83. The molecule has 7 nitrogen and oxygen atoms in total. The minimum atomic E-state index is -0.441. The predicted molar refractivity (Wildman–Crippen MR) is 90.2 cm³/mol. The van der Waals surface area contributed by atoms with E-state index in [4.69, 9.17) is 9.47 Å². The number of carbonyl (C=O) groups excluding carboxylic acids is 3. The second-order valence-electron chi connectivity index (χ2n) is 6.07. The first-order valence-electron chi connectivity index (χ1n) is 8.06. The molecule has 1 aromatic carbocycles. The van der Waals surface area contributed by atoms with Gasteiger partial charge < -0.3 is 14.8 Å². The van der Waals surface area contributed by atoms with Gasteiger partial charge in [0.25, 0.3) is 0 Å². The van der Waals surface area contributed by atoms with Gasteiger partial charge in [-0.2, -0.15) is 0 Å². The molecule has 2 atom stereocenters. The van der Waals surface area contributed by atoms with Crippen LogP contribution in [0.5, 0.6) is 11.5 Å². The van der Waals surface area contributed by atoms with Crippen LogP contribution < -0.4 is 14.8 Å². The molecule has 1 heterocycles. The van der Waals surface area contributed by atoms with Crippen molar-refractivity contribution < 1.29 is 23.9 Å². The van der Waals surface area contributed by atoms with Crippen molar-refractivity contribution in [1.82, 2.24) is 4.90 Å². The van der Waals surface area contributed by atoms with Gasteiger partial charge in [0, 0.05) is 23.9 Å². The fourth-order valence-corrected chi connectivity index (χ4v) is 3.25. The molecule has 25 heavy (non-hydrogen) atoms. The quantitative estimate of drug-likeness (QED) is 0.648. The van der Waals surface area contributed by atoms with Gasteiger partial charge in [-0.3, -0.25) is 19.3 Å². The normalized spacial score (nSPS) is 21.9. The Balaban J connectivity index is 1.69. The molecule has 1 aromatic rings. The summed E-state index contributed by atoms with van der Waals surface area (Å²) in [6.07, 6.45) is 4.94. The highest BCUT2D eigenvalue weighted by molar-refractivity contribution is 6.08. The molecule has 1 aliphatic heterocycles. The summed E-state index contributed by atoms with van der Waals surface area (Å²) in [6.45, 7) is -0.288. The number of imide groups is 1. The third-order valence-electron chi connectivity index (χ3n) is 4.54. The first-order valence-corrected chi connectivity index (χ1v) is 8.06. The van der Waals surface area contributed by atoms with E-state index in [2.05, 4.69) is 5.32 Å². The van der Waals surface area contributed by atoms with Gasteiger partial charge in [-0.25, -0.2) is 0 Å². The van der Waals surface area contributed by atoms with Crippen molar-refractivity contribution in [2.45, 2.75) is 12.8 Å². The number of hydrogen-bond acceptors (Lipinski definition) is 5. The highest BCUT2D eigenvalue weighted by Crippen LogP contribution is 2.35. The average Bonchev–Trinajstić information content (AvgIpc) is 2.86. The van der Waals surface area contributed by atoms with Gasteiger partial charge in [0.15, 0.2) is 0 Å². The topological polar surface area (TPSA) is 84.9 Å². The summed E-state index contributed by atoms with van der Waals surface area (Å²) >= 11 is 0. The van der Waals surface area contributed by atoms with Crippen molar-refractivity contribution in [3.63, 3.8) is 0 Å². The van der Waals surface area contributed by atoms with Gasteiger partial charge >= 0.3 is 0 Å². The lowest BCUT2D eigenvalue weighted by atomic mass is 9.85. The van der Waals surface area contributed by atoms with E-state index in [0.29, 0.717) is 30.0 Å².